The van der Waals surface area contributed by atoms with Crippen molar-refractivity contribution in [3.05, 3.63) is 28.8 Å². The van der Waals surface area contributed by atoms with E-state index in [1.54, 1.807) is 0 Å². The Bertz CT molecular complexity index is 399. The molecule has 0 saturated carbocycles. The summed E-state index contributed by atoms with van der Waals surface area (Å²) >= 11 is 11.9. The Balaban J connectivity index is 2.11. The molecule has 1 nitrogen and oxygen atoms in total. The third-order valence-corrected chi connectivity index (χ3v) is 5.60. The van der Waals surface area contributed by atoms with Crippen molar-refractivity contribution in [2.45, 2.75) is 29.8 Å². The lowest BCUT2D eigenvalue weighted by molar-refractivity contribution is 0.745. The molecule has 100 valence electrons. The zero-order valence-electron chi connectivity index (χ0n) is 10.7. The van der Waals surface area contributed by atoms with Crippen LogP contribution in [0, 0.1) is 0 Å². The van der Waals surface area contributed by atoms with Crippen molar-refractivity contribution in [2.24, 2.45) is 0 Å². The van der Waals surface area contributed by atoms with Crippen molar-refractivity contribution in [2.75, 3.05) is 24.2 Å². The monoisotopic (exact) mass is 347 g/mol. The molecule has 1 aliphatic heterocycles. The molecule has 0 aliphatic carbocycles. The molecule has 1 aromatic carbocycles. The van der Waals surface area contributed by atoms with Crippen LogP contribution in [0.3, 0.4) is 0 Å². The number of thioether (sulfide) groups is 1. The normalized spacial score (nSPS) is 20.8. The summed E-state index contributed by atoms with van der Waals surface area (Å²) in [6, 6.07) is 6.40. The third-order valence-electron chi connectivity index (χ3n) is 3.52. The summed E-state index contributed by atoms with van der Waals surface area (Å²) in [5.41, 5.74) is 2.43. The van der Waals surface area contributed by atoms with E-state index in [1.807, 2.05) is 11.8 Å². The van der Waals surface area contributed by atoms with Gasteiger partial charge in [0.2, 0.25) is 0 Å². The number of anilines is 1. The van der Waals surface area contributed by atoms with Gasteiger partial charge in [-0.2, -0.15) is 11.8 Å². The molecule has 18 heavy (non-hydrogen) atoms. The first-order chi connectivity index (χ1) is 8.74. The van der Waals surface area contributed by atoms with Crippen LogP contribution in [0.2, 0.25) is 5.02 Å². The summed E-state index contributed by atoms with van der Waals surface area (Å²) in [6.45, 7) is 2.25. The molecule has 1 atom stereocenters. The fraction of sp³-hybridized carbons (Fsp3) is 0.571. The molecular weight excluding hydrogens is 330 g/mol. The summed E-state index contributed by atoms with van der Waals surface area (Å²) in [5, 5.41) is 2.56. The fourth-order valence-corrected chi connectivity index (χ4v) is 3.85. The third kappa shape index (κ3) is 3.58. The van der Waals surface area contributed by atoms with E-state index >= 15 is 0 Å². The second-order valence-electron chi connectivity index (χ2n) is 4.70. The van der Waals surface area contributed by atoms with Gasteiger partial charge in [-0.25, -0.2) is 0 Å². The van der Waals surface area contributed by atoms with Gasteiger partial charge in [0.25, 0.3) is 0 Å². The van der Waals surface area contributed by atoms with Crippen molar-refractivity contribution in [1.29, 1.82) is 0 Å². The van der Waals surface area contributed by atoms with E-state index in [0.717, 1.165) is 28.7 Å². The quantitative estimate of drug-likeness (QED) is 0.710. The molecule has 1 heterocycles. The van der Waals surface area contributed by atoms with Gasteiger partial charge in [-0.05, 0) is 43.2 Å². The largest absolute Gasteiger partial charge is 0.370 e. The van der Waals surface area contributed by atoms with Gasteiger partial charge in [0, 0.05) is 23.7 Å². The zero-order chi connectivity index (χ0) is 13.0. The van der Waals surface area contributed by atoms with E-state index in [-0.39, 0.29) is 0 Å². The highest BCUT2D eigenvalue weighted by atomic mass is 79.9. The summed E-state index contributed by atoms with van der Waals surface area (Å²) in [6.07, 6.45) is 6.08. The van der Waals surface area contributed by atoms with Crippen molar-refractivity contribution < 1.29 is 0 Å². The number of rotatable bonds is 3. The van der Waals surface area contributed by atoms with E-state index < -0.39 is 0 Å². The van der Waals surface area contributed by atoms with Crippen LogP contribution in [0.5, 0.6) is 0 Å². The highest BCUT2D eigenvalue weighted by Gasteiger charge is 2.18. The minimum atomic E-state index is 0.815. The number of alkyl halides is 1. The first-order valence-corrected chi connectivity index (χ1v) is 9.15. The molecule has 0 spiro atoms. The Kier molecular flexibility index (Phi) is 5.71. The predicted molar refractivity (Wildman–Crippen MR) is 87.5 cm³/mol. The van der Waals surface area contributed by atoms with E-state index in [2.05, 4.69) is 45.3 Å². The fourth-order valence-electron chi connectivity index (χ4n) is 2.43. The minimum Gasteiger partial charge on any atom is -0.370 e. The summed E-state index contributed by atoms with van der Waals surface area (Å²) in [5.74, 6) is 0. The number of nitrogens with zero attached hydrogens (tertiary/aromatic N) is 1. The molecule has 0 amide bonds. The molecule has 1 aliphatic rings. The number of hydrogen-bond acceptors (Lipinski definition) is 2. The molecule has 0 aromatic heterocycles. The Morgan fingerprint density at radius 2 is 2.22 bits per heavy atom. The van der Waals surface area contributed by atoms with E-state index in [9.17, 15) is 0 Å². The van der Waals surface area contributed by atoms with Crippen LogP contribution >= 0.6 is 39.3 Å². The van der Waals surface area contributed by atoms with Gasteiger partial charge in [-0.1, -0.05) is 33.6 Å². The lowest BCUT2D eigenvalue weighted by Crippen LogP contribution is -2.24. The van der Waals surface area contributed by atoms with Gasteiger partial charge in [0.1, 0.15) is 0 Å². The second kappa shape index (κ2) is 7.06. The van der Waals surface area contributed by atoms with Crippen LogP contribution < -0.4 is 4.90 Å². The molecule has 1 saturated heterocycles. The molecule has 1 aromatic rings. The predicted octanol–water partition coefficient (Wildman–Crippen LogP) is 4.96. The molecule has 1 unspecified atom stereocenters. The maximum atomic E-state index is 6.40. The summed E-state index contributed by atoms with van der Waals surface area (Å²) in [7, 11) is 0. The highest BCUT2D eigenvalue weighted by molar-refractivity contribution is 9.08. The summed E-state index contributed by atoms with van der Waals surface area (Å²) < 4.78 is 0. The van der Waals surface area contributed by atoms with Crippen LogP contribution in [0.1, 0.15) is 24.8 Å². The van der Waals surface area contributed by atoms with Gasteiger partial charge in [0.05, 0.1) is 10.7 Å². The molecular formula is C14H19BrClNS. The molecule has 0 bridgehead atoms. The maximum absolute atomic E-state index is 6.40. The van der Waals surface area contributed by atoms with Gasteiger partial charge < -0.3 is 4.90 Å². The molecule has 4 heteroatoms. The first kappa shape index (κ1) is 14.5. The summed E-state index contributed by atoms with van der Waals surface area (Å²) in [4.78, 5) is 2.44. The van der Waals surface area contributed by atoms with E-state index in [0.29, 0.717) is 0 Å². The Morgan fingerprint density at radius 1 is 1.39 bits per heavy atom. The van der Waals surface area contributed by atoms with Crippen molar-refractivity contribution >= 4 is 45.0 Å². The van der Waals surface area contributed by atoms with Crippen LogP contribution in [0.4, 0.5) is 5.69 Å². The smallest absolute Gasteiger partial charge is 0.0642 e. The van der Waals surface area contributed by atoms with Crippen molar-refractivity contribution in [1.82, 2.24) is 0 Å². The topological polar surface area (TPSA) is 3.24 Å². The van der Waals surface area contributed by atoms with Gasteiger partial charge in [0.15, 0.2) is 0 Å². The number of halogens is 2. The van der Waals surface area contributed by atoms with Crippen molar-refractivity contribution in [3.8, 4) is 0 Å². The number of benzene rings is 1. The Morgan fingerprint density at radius 3 is 2.89 bits per heavy atom. The molecule has 2 rings (SSSR count). The average molecular weight is 349 g/mol. The number of hydrogen-bond donors (Lipinski definition) is 0. The van der Waals surface area contributed by atoms with Crippen molar-refractivity contribution in [3.63, 3.8) is 0 Å². The molecule has 0 radical (unpaired) electrons. The second-order valence-corrected chi connectivity index (χ2v) is 6.80. The standard InChI is InChI=1S/C14H19BrClNS/c1-18-12-3-2-7-17(8-6-12)14-5-4-11(10-15)9-13(14)16/h4-5,9,12H,2-3,6-8,10H2,1H3. The van der Waals surface area contributed by atoms with Crippen LogP contribution in [0.15, 0.2) is 18.2 Å². The van der Waals surface area contributed by atoms with Crippen LogP contribution in [-0.2, 0) is 5.33 Å². The minimum absolute atomic E-state index is 0.815. The maximum Gasteiger partial charge on any atom is 0.0642 e. The van der Waals surface area contributed by atoms with E-state index in [4.69, 9.17) is 11.6 Å². The molecule has 0 N–H and O–H groups in total. The molecule has 1 fully saturated rings. The lowest BCUT2D eigenvalue weighted by atomic mass is 10.2. The average Bonchev–Trinajstić information content (AvgIpc) is 2.63. The lowest BCUT2D eigenvalue weighted by Gasteiger charge is -2.24. The Hall–Kier alpha value is 0.140. The van der Waals surface area contributed by atoms with E-state index in [1.165, 1.54) is 30.5 Å². The first-order valence-electron chi connectivity index (χ1n) is 6.36. The van der Waals surface area contributed by atoms with Gasteiger partial charge in [-0.15, -0.1) is 0 Å². The van der Waals surface area contributed by atoms with Gasteiger partial charge in [-0.3, -0.25) is 0 Å². The highest BCUT2D eigenvalue weighted by Crippen LogP contribution is 2.31. The zero-order valence-corrected chi connectivity index (χ0v) is 13.8. The van der Waals surface area contributed by atoms with Crippen LogP contribution in [0.25, 0.3) is 0 Å². The Labute approximate surface area is 127 Å². The van der Waals surface area contributed by atoms with Crippen LogP contribution in [-0.4, -0.2) is 24.6 Å². The SMILES string of the molecule is CSC1CCCN(c2ccc(CBr)cc2Cl)CC1. The van der Waals surface area contributed by atoms with Gasteiger partial charge >= 0.3 is 0 Å².